The van der Waals surface area contributed by atoms with Gasteiger partial charge in [-0.25, -0.2) is 0 Å². The van der Waals surface area contributed by atoms with Gasteiger partial charge in [0.1, 0.15) is 23.9 Å². The van der Waals surface area contributed by atoms with Gasteiger partial charge in [0.05, 0.1) is 23.6 Å². The Morgan fingerprint density at radius 2 is 2.08 bits per heavy atom. The lowest BCUT2D eigenvalue weighted by molar-refractivity contribution is 0.0725. The molecule has 0 bridgehead atoms. The summed E-state index contributed by atoms with van der Waals surface area (Å²) in [5.41, 5.74) is 2.29. The van der Waals surface area contributed by atoms with E-state index in [1.807, 2.05) is 39.0 Å². The van der Waals surface area contributed by atoms with Crippen LogP contribution in [0.1, 0.15) is 46.1 Å². The van der Waals surface area contributed by atoms with Crippen molar-refractivity contribution >= 4 is 5.91 Å². The van der Waals surface area contributed by atoms with Crippen molar-refractivity contribution in [3.05, 3.63) is 71.0 Å². The number of ether oxygens (including phenoxy) is 1. The summed E-state index contributed by atoms with van der Waals surface area (Å²) in [5, 5.41) is 3.92. The molecule has 3 aromatic rings. The van der Waals surface area contributed by atoms with Crippen molar-refractivity contribution in [1.82, 2.24) is 10.1 Å². The number of aromatic nitrogens is 1. The molecule has 1 aromatic carbocycles. The predicted molar refractivity (Wildman–Crippen MR) is 96.0 cm³/mol. The molecule has 0 N–H and O–H groups in total. The number of benzene rings is 1. The zero-order valence-corrected chi connectivity index (χ0v) is 15.4. The van der Waals surface area contributed by atoms with Gasteiger partial charge in [0.15, 0.2) is 0 Å². The zero-order valence-electron chi connectivity index (χ0n) is 15.4. The van der Waals surface area contributed by atoms with Crippen molar-refractivity contribution in [2.75, 3.05) is 7.05 Å². The number of amides is 1. The molecule has 0 saturated heterocycles. The molecular formula is C20H22N2O4. The number of carbonyl (C=O) groups is 1. The third-order valence-corrected chi connectivity index (χ3v) is 4.50. The molecule has 0 saturated carbocycles. The van der Waals surface area contributed by atoms with Gasteiger partial charge in [-0.15, -0.1) is 0 Å². The molecular weight excluding hydrogens is 332 g/mol. The van der Waals surface area contributed by atoms with E-state index >= 15 is 0 Å². The first-order valence-corrected chi connectivity index (χ1v) is 8.42. The van der Waals surface area contributed by atoms with Crippen LogP contribution < -0.4 is 4.74 Å². The topological polar surface area (TPSA) is 68.7 Å². The smallest absolute Gasteiger partial charge is 0.254 e. The molecule has 0 spiro atoms. The fourth-order valence-corrected chi connectivity index (χ4v) is 2.68. The molecule has 0 aliphatic carbocycles. The van der Waals surface area contributed by atoms with Crippen LogP contribution >= 0.6 is 0 Å². The Balaban J connectivity index is 1.71. The van der Waals surface area contributed by atoms with E-state index < -0.39 is 0 Å². The van der Waals surface area contributed by atoms with E-state index in [0.717, 1.165) is 22.8 Å². The maximum Gasteiger partial charge on any atom is 0.254 e. The fraction of sp³-hybridized carbons (Fsp3) is 0.300. The molecule has 0 aliphatic heterocycles. The second kappa shape index (κ2) is 7.47. The number of hydrogen-bond donors (Lipinski definition) is 0. The Morgan fingerprint density at radius 1 is 1.27 bits per heavy atom. The molecule has 1 atom stereocenters. The highest BCUT2D eigenvalue weighted by molar-refractivity contribution is 5.94. The van der Waals surface area contributed by atoms with E-state index in [2.05, 4.69) is 5.16 Å². The van der Waals surface area contributed by atoms with Crippen molar-refractivity contribution in [3.8, 4) is 5.75 Å². The average Bonchev–Trinajstić information content (AvgIpc) is 3.29. The van der Waals surface area contributed by atoms with Gasteiger partial charge in [0, 0.05) is 12.6 Å². The minimum atomic E-state index is -0.163. The van der Waals surface area contributed by atoms with Crippen molar-refractivity contribution < 1.29 is 18.5 Å². The summed E-state index contributed by atoms with van der Waals surface area (Å²) in [4.78, 5) is 14.4. The summed E-state index contributed by atoms with van der Waals surface area (Å²) >= 11 is 0. The third-order valence-electron chi connectivity index (χ3n) is 4.50. The number of rotatable bonds is 6. The van der Waals surface area contributed by atoms with Crippen LogP contribution in [0.3, 0.4) is 0 Å². The monoisotopic (exact) mass is 354 g/mol. The summed E-state index contributed by atoms with van der Waals surface area (Å²) < 4.78 is 16.4. The zero-order chi connectivity index (χ0) is 18.7. The fourth-order valence-electron chi connectivity index (χ4n) is 2.68. The predicted octanol–water partition coefficient (Wildman–Crippen LogP) is 4.30. The molecule has 0 fully saturated rings. The number of nitrogens with zero attached hydrogens (tertiary/aromatic N) is 2. The molecule has 6 nitrogen and oxygen atoms in total. The van der Waals surface area contributed by atoms with Crippen LogP contribution in [-0.2, 0) is 6.61 Å². The first kappa shape index (κ1) is 17.8. The largest absolute Gasteiger partial charge is 0.489 e. The molecule has 3 rings (SSSR count). The maximum absolute atomic E-state index is 12.8. The Kier molecular flexibility index (Phi) is 5.11. The molecule has 2 aromatic heterocycles. The number of carbonyl (C=O) groups excluding carboxylic acids is 1. The Labute approximate surface area is 152 Å². The normalized spacial score (nSPS) is 12.0. The lowest BCUT2D eigenvalue weighted by atomic mass is 10.1. The lowest BCUT2D eigenvalue weighted by Gasteiger charge is -2.23. The van der Waals surface area contributed by atoms with Gasteiger partial charge in [-0.3, -0.25) is 4.79 Å². The van der Waals surface area contributed by atoms with Gasteiger partial charge in [0.2, 0.25) is 0 Å². The van der Waals surface area contributed by atoms with Gasteiger partial charge in [-0.1, -0.05) is 11.2 Å². The van der Waals surface area contributed by atoms with Gasteiger partial charge in [0.25, 0.3) is 5.91 Å². The van der Waals surface area contributed by atoms with E-state index in [-0.39, 0.29) is 11.9 Å². The van der Waals surface area contributed by atoms with E-state index in [1.54, 1.807) is 36.4 Å². The van der Waals surface area contributed by atoms with Crippen LogP contribution in [0.15, 0.2) is 51.6 Å². The molecule has 0 radical (unpaired) electrons. The van der Waals surface area contributed by atoms with Crippen molar-refractivity contribution in [3.63, 3.8) is 0 Å². The molecule has 136 valence electrons. The number of hydrogen-bond acceptors (Lipinski definition) is 5. The van der Waals surface area contributed by atoms with Crippen molar-refractivity contribution in [2.45, 2.75) is 33.4 Å². The van der Waals surface area contributed by atoms with Crippen molar-refractivity contribution in [2.24, 2.45) is 0 Å². The molecule has 26 heavy (non-hydrogen) atoms. The average molecular weight is 354 g/mol. The third kappa shape index (κ3) is 3.64. The van der Waals surface area contributed by atoms with Gasteiger partial charge < -0.3 is 18.6 Å². The van der Waals surface area contributed by atoms with Crippen molar-refractivity contribution in [1.29, 1.82) is 0 Å². The van der Waals surface area contributed by atoms with E-state index in [1.165, 1.54) is 0 Å². The Hall–Kier alpha value is -3.02. The van der Waals surface area contributed by atoms with Gasteiger partial charge >= 0.3 is 0 Å². The van der Waals surface area contributed by atoms with E-state index in [9.17, 15) is 4.79 Å². The van der Waals surface area contributed by atoms with Crippen LogP contribution in [0.5, 0.6) is 5.75 Å². The Morgan fingerprint density at radius 3 is 2.73 bits per heavy atom. The summed E-state index contributed by atoms with van der Waals surface area (Å²) in [7, 11) is 1.76. The molecule has 0 aliphatic rings. The quantitative estimate of drug-likeness (QED) is 0.660. The van der Waals surface area contributed by atoms with Crippen LogP contribution in [0, 0.1) is 13.8 Å². The summed E-state index contributed by atoms with van der Waals surface area (Å²) in [6.07, 6.45) is 1.60. The van der Waals surface area contributed by atoms with Gasteiger partial charge in [-0.05, 0) is 51.1 Å². The summed E-state index contributed by atoms with van der Waals surface area (Å²) in [5.74, 6) is 2.00. The van der Waals surface area contributed by atoms with Gasteiger partial charge in [-0.2, -0.15) is 0 Å². The minimum absolute atomic E-state index is 0.100. The number of aryl methyl sites for hydroxylation is 2. The minimum Gasteiger partial charge on any atom is -0.489 e. The second-order valence-corrected chi connectivity index (χ2v) is 6.23. The van der Waals surface area contributed by atoms with Crippen LogP contribution in [0.4, 0.5) is 0 Å². The first-order valence-electron chi connectivity index (χ1n) is 8.42. The van der Waals surface area contributed by atoms with E-state index in [0.29, 0.717) is 17.9 Å². The Bertz CT molecular complexity index is 864. The summed E-state index contributed by atoms with van der Waals surface area (Å²) in [6, 6.07) is 10.7. The molecule has 1 unspecified atom stereocenters. The highest BCUT2D eigenvalue weighted by Gasteiger charge is 2.21. The number of furan rings is 1. The molecule has 6 heteroatoms. The summed E-state index contributed by atoms with van der Waals surface area (Å²) in [6.45, 7) is 6.00. The SMILES string of the molecule is Cc1noc(C)c1COc1cccc(C(=O)N(C)C(C)c2ccco2)c1. The van der Waals surface area contributed by atoms with Crippen LogP contribution in [0.2, 0.25) is 0 Å². The standard InChI is InChI=1S/C20H22N2O4/c1-13-18(15(3)26-21-13)12-25-17-8-5-7-16(11-17)20(23)22(4)14(2)19-9-6-10-24-19/h5-11,14H,12H2,1-4H3. The second-order valence-electron chi connectivity index (χ2n) is 6.23. The van der Waals surface area contributed by atoms with Crippen LogP contribution in [0.25, 0.3) is 0 Å². The lowest BCUT2D eigenvalue weighted by Crippen LogP contribution is -2.29. The van der Waals surface area contributed by atoms with Crippen LogP contribution in [-0.4, -0.2) is 23.0 Å². The molecule has 1 amide bonds. The highest BCUT2D eigenvalue weighted by atomic mass is 16.5. The van der Waals surface area contributed by atoms with E-state index in [4.69, 9.17) is 13.7 Å². The molecule has 2 heterocycles. The highest BCUT2D eigenvalue weighted by Crippen LogP contribution is 2.23. The maximum atomic E-state index is 12.8. The first-order chi connectivity index (χ1) is 12.5.